The molecule has 1 amide bonds. The van der Waals surface area contributed by atoms with Crippen LogP contribution < -0.4 is 10.9 Å². The highest BCUT2D eigenvalue weighted by molar-refractivity contribution is 6.02. The van der Waals surface area contributed by atoms with Crippen molar-refractivity contribution in [1.82, 2.24) is 14.3 Å². The first-order valence-electron chi connectivity index (χ1n) is 8.70. The molecule has 6 nitrogen and oxygen atoms in total. The van der Waals surface area contributed by atoms with Crippen LogP contribution in [-0.4, -0.2) is 20.3 Å². The van der Waals surface area contributed by atoms with Crippen molar-refractivity contribution in [2.45, 2.75) is 19.4 Å². The van der Waals surface area contributed by atoms with Gasteiger partial charge >= 0.3 is 0 Å². The van der Waals surface area contributed by atoms with Gasteiger partial charge in [0.05, 0.1) is 11.7 Å². The summed E-state index contributed by atoms with van der Waals surface area (Å²) in [6, 6.07) is 9.33. The van der Waals surface area contributed by atoms with E-state index in [2.05, 4.69) is 15.1 Å². The summed E-state index contributed by atoms with van der Waals surface area (Å²) in [5.74, 6) is 0.435. The summed E-state index contributed by atoms with van der Waals surface area (Å²) in [6.07, 6.45) is 9.27. The summed E-state index contributed by atoms with van der Waals surface area (Å²) in [4.78, 5) is 24.0. The Hall–Kier alpha value is -3.15. The molecule has 1 aliphatic carbocycles. The van der Waals surface area contributed by atoms with Crippen LogP contribution in [0.5, 0.6) is 0 Å². The van der Waals surface area contributed by atoms with Gasteiger partial charge in [0.25, 0.3) is 5.56 Å². The molecule has 0 saturated heterocycles. The van der Waals surface area contributed by atoms with Gasteiger partial charge in [-0.05, 0) is 54.7 Å². The van der Waals surface area contributed by atoms with Crippen molar-refractivity contribution in [1.29, 1.82) is 0 Å². The summed E-state index contributed by atoms with van der Waals surface area (Å²) in [6.45, 7) is 0.979. The number of aryl methyl sites for hydroxylation is 1. The van der Waals surface area contributed by atoms with E-state index in [1.54, 1.807) is 31.5 Å². The van der Waals surface area contributed by atoms with Gasteiger partial charge in [0.2, 0.25) is 5.91 Å². The number of hydrogen-bond acceptors (Lipinski definition) is 3. The number of benzene rings is 1. The quantitative estimate of drug-likeness (QED) is 0.721. The van der Waals surface area contributed by atoms with Crippen molar-refractivity contribution in [2.75, 3.05) is 5.32 Å². The monoisotopic (exact) mass is 348 g/mol. The zero-order chi connectivity index (χ0) is 18.1. The van der Waals surface area contributed by atoms with E-state index in [4.69, 9.17) is 0 Å². The van der Waals surface area contributed by atoms with E-state index in [9.17, 15) is 9.59 Å². The number of anilines is 1. The van der Waals surface area contributed by atoms with Crippen molar-refractivity contribution in [3.05, 3.63) is 64.7 Å². The van der Waals surface area contributed by atoms with E-state index in [1.165, 1.54) is 23.5 Å². The molecule has 1 aromatic carbocycles. The van der Waals surface area contributed by atoms with Crippen molar-refractivity contribution < 1.29 is 4.79 Å². The van der Waals surface area contributed by atoms with E-state index >= 15 is 0 Å². The fourth-order valence-electron chi connectivity index (χ4n) is 2.94. The maximum Gasteiger partial charge on any atom is 0.274 e. The van der Waals surface area contributed by atoms with Gasteiger partial charge in [0.1, 0.15) is 5.69 Å². The summed E-state index contributed by atoms with van der Waals surface area (Å²) < 4.78 is 3.48. The van der Waals surface area contributed by atoms with Gasteiger partial charge in [-0.25, -0.2) is 0 Å². The molecule has 0 radical (unpaired) electrons. The third-order valence-corrected chi connectivity index (χ3v) is 4.60. The minimum atomic E-state index is -0.335. The van der Waals surface area contributed by atoms with Crippen LogP contribution in [0.2, 0.25) is 0 Å². The van der Waals surface area contributed by atoms with E-state index in [1.807, 2.05) is 24.4 Å². The van der Waals surface area contributed by atoms with Crippen LogP contribution in [0, 0.1) is 5.92 Å². The SMILES string of the molecule is Cn1cccc(NC(=O)/C=C/c2ccc3c(cnn3CC3CC3)c2)c1=O. The molecule has 4 rings (SSSR count). The normalized spacial score (nSPS) is 14.2. The fourth-order valence-corrected chi connectivity index (χ4v) is 2.94. The molecule has 3 aromatic rings. The molecular weight excluding hydrogens is 328 g/mol. The van der Waals surface area contributed by atoms with Crippen LogP contribution in [0.25, 0.3) is 17.0 Å². The maximum atomic E-state index is 12.1. The van der Waals surface area contributed by atoms with Gasteiger partial charge in [-0.1, -0.05) is 6.07 Å². The van der Waals surface area contributed by atoms with E-state index < -0.39 is 0 Å². The molecule has 0 bridgehead atoms. The Kier molecular flexibility index (Phi) is 4.16. The average molecular weight is 348 g/mol. The highest BCUT2D eigenvalue weighted by Gasteiger charge is 2.22. The Morgan fingerprint density at radius 1 is 1.35 bits per heavy atom. The third kappa shape index (κ3) is 3.44. The number of amides is 1. The fraction of sp³-hybridized carbons (Fsp3) is 0.250. The van der Waals surface area contributed by atoms with Crippen molar-refractivity contribution in [3.8, 4) is 0 Å². The minimum Gasteiger partial charge on any atom is -0.318 e. The lowest BCUT2D eigenvalue weighted by atomic mass is 10.1. The summed E-state index contributed by atoms with van der Waals surface area (Å²) in [5, 5.41) is 8.14. The van der Waals surface area contributed by atoms with E-state index in [-0.39, 0.29) is 17.2 Å². The van der Waals surface area contributed by atoms with Crippen LogP contribution in [-0.2, 0) is 18.4 Å². The highest BCUT2D eigenvalue weighted by Crippen LogP contribution is 2.31. The first-order chi connectivity index (χ1) is 12.6. The number of aromatic nitrogens is 3. The molecule has 1 N–H and O–H groups in total. The number of nitrogens with zero attached hydrogens (tertiary/aromatic N) is 3. The maximum absolute atomic E-state index is 12.1. The van der Waals surface area contributed by atoms with Crippen LogP contribution in [0.3, 0.4) is 0 Å². The van der Waals surface area contributed by atoms with Crippen molar-refractivity contribution >= 4 is 28.6 Å². The van der Waals surface area contributed by atoms with Crippen LogP contribution >= 0.6 is 0 Å². The zero-order valence-corrected chi connectivity index (χ0v) is 14.6. The third-order valence-electron chi connectivity index (χ3n) is 4.60. The molecule has 0 aliphatic heterocycles. The van der Waals surface area contributed by atoms with Gasteiger partial charge in [-0.3, -0.25) is 14.3 Å². The molecule has 0 unspecified atom stereocenters. The smallest absolute Gasteiger partial charge is 0.274 e. The molecule has 1 fully saturated rings. The van der Waals surface area contributed by atoms with Crippen LogP contribution in [0.15, 0.2) is 53.6 Å². The molecule has 2 aromatic heterocycles. The standard InChI is InChI=1S/C20H20N4O2/c1-23-10-2-3-17(20(23)26)22-19(25)9-7-14-6-8-18-16(11-14)12-21-24(18)13-15-4-5-15/h2-3,6-12,15H,4-5,13H2,1H3,(H,22,25)/b9-7+. The molecule has 2 heterocycles. The van der Waals surface area contributed by atoms with Gasteiger partial charge in [0, 0.05) is 31.3 Å². The first kappa shape index (κ1) is 16.3. The number of nitrogens with one attached hydrogen (secondary N) is 1. The predicted octanol–water partition coefficient (Wildman–Crippen LogP) is 2.80. The predicted molar refractivity (Wildman–Crippen MR) is 102 cm³/mol. The highest BCUT2D eigenvalue weighted by atomic mass is 16.2. The second kappa shape index (κ2) is 6.63. The summed E-state index contributed by atoms with van der Waals surface area (Å²) in [5.41, 5.74) is 2.06. The van der Waals surface area contributed by atoms with Gasteiger partial charge in [0.15, 0.2) is 0 Å². The number of pyridine rings is 1. The Bertz CT molecular complexity index is 1060. The minimum absolute atomic E-state index is 0.237. The van der Waals surface area contributed by atoms with E-state index in [0.29, 0.717) is 0 Å². The number of carbonyl (C=O) groups is 1. The molecule has 26 heavy (non-hydrogen) atoms. The van der Waals surface area contributed by atoms with E-state index in [0.717, 1.165) is 28.9 Å². The summed E-state index contributed by atoms with van der Waals surface area (Å²) in [7, 11) is 1.65. The number of carbonyl (C=O) groups excluding carboxylic acids is 1. The zero-order valence-electron chi connectivity index (χ0n) is 14.6. The lowest BCUT2D eigenvalue weighted by Crippen LogP contribution is -2.22. The first-order valence-corrected chi connectivity index (χ1v) is 8.70. The Balaban J connectivity index is 1.48. The van der Waals surface area contributed by atoms with Crippen LogP contribution in [0.1, 0.15) is 18.4 Å². The second-order valence-corrected chi connectivity index (χ2v) is 6.75. The molecule has 0 spiro atoms. The molecule has 6 heteroatoms. The molecular formula is C20H20N4O2. The Morgan fingerprint density at radius 2 is 2.19 bits per heavy atom. The van der Waals surface area contributed by atoms with Gasteiger partial charge < -0.3 is 9.88 Å². The van der Waals surface area contributed by atoms with Gasteiger partial charge in [-0.15, -0.1) is 0 Å². The van der Waals surface area contributed by atoms with Crippen molar-refractivity contribution in [2.24, 2.45) is 13.0 Å². The largest absolute Gasteiger partial charge is 0.318 e. The topological polar surface area (TPSA) is 68.9 Å². The van der Waals surface area contributed by atoms with Crippen LogP contribution in [0.4, 0.5) is 5.69 Å². The Morgan fingerprint density at radius 3 is 3.00 bits per heavy atom. The molecule has 1 aliphatic rings. The summed E-state index contributed by atoms with van der Waals surface area (Å²) >= 11 is 0. The molecule has 132 valence electrons. The lowest BCUT2D eigenvalue weighted by molar-refractivity contribution is -0.111. The average Bonchev–Trinajstić information content (AvgIpc) is 3.36. The number of rotatable bonds is 5. The molecule has 1 saturated carbocycles. The number of hydrogen-bond donors (Lipinski definition) is 1. The molecule has 0 atom stereocenters. The Labute approximate surface area is 150 Å². The van der Waals surface area contributed by atoms with Crippen molar-refractivity contribution in [3.63, 3.8) is 0 Å². The van der Waals surface area contributed by atoms with Gasteiger partial charge in [-0.2, -0.15) is 5.10 Å². The lowest BCUT2D eigenvalue weighted by Gasteiger charge is -2.03. The number of fused-ring (bicyclic) bond motifs is 1. The second-order valence-electron chi connectivity index (χ2n) is 6.75.